The van der Waals surface area contributed by atoms with Gasteiger partial charge in [0.25, 0.3) is 0 Å². The highest BCUT2D eigenvalue weighted by atomic mass is 16.3. The Kier molecular flexibility index (Phi) is 2.38. The highest BCUT2D eigenvalue weighted by Gasteiger charge is 2.26. The van der Waals surface area contributed by atoms with Gasteiger partial charge >= 0.3 is 0 Å². The van der Waals surface area contributed by atoms with Crippen LogP contribution in [0.15, 0.2) is 24.3 Å². The van der Waals surface area contributed by atoms with Crippen LogP contribution in [0.1, 0.15) is 18.4 Å². The van der Waals surface area contributed by atoms with Crippen molar-refractivity contribution in [2.45, 2.75) is 25.0 Å². The maximum absolute atomic E-state index is 9.10. The van der Waals surface area contributed by atoms with Crippen molar-refractivity contribution in [2.75, 3.05) is 5.32 Å². The summed E-state index contributed by atoms with van der Waals surface area (Å²) in [4.78, 5) is 0. The van der Waals surface area contributed by atoms with Gasteiger partial charge in [0.05, 0.1) is 17.7 Å². The van der Waals surface area contributed by atoms with Gasteiger partial charge < -0.3 is 10.4 Å². The minimum Gasteiger partial charge on any atom is -0.393 e. The second-order valence-corrected chi connectivity index (χ2v) is 3.66. The number of hydrogen-bond donors (Lipinski definition) is 2. The highest BCUT2D eigenvalue weighted by Crippen LogP contribution is 2.23. The van der Waals surface area contributed by atoms with E-state index in [9.17, 15) is 0 Å². The molecule has 14 heavy (non-hydrogen) atoms. The van der Waals surface area contributed by atoms with Gasteiger partial charge in [0, 0.05) is 11.7 Å². The topological polar surface area (TPSA) is 56.0 Å². The van der Waals surface area contributed by atoms with Crippen molar-refractivity contribution in [3.63, 3.8) is 0 Å². The molecule has 1 aliphatic carbocycles. The fourth-order valence-corrected chi connectivity index (χ4v) is 1.58. The number of anilines is 1. The zero-order valence-corrected chi connectivity index (χ0v) is 7.77. The van der Waals surface area contributed by atoms with E-state index in [1.54, 1.807) is 12.1 Å². The van der Waals surface area contributed by atoms with Crippen molar-refractivity contribution < 1.29 is 5.11 Å². The molecule has 0 spiro atoms. The largest absolute Gasteiger partial charge is 0.393 e. The van der Waals surface area contributed by atoms with E-state index >= 15 is 0 Å². The molecule has 1 aromatic carbocycles. The number of nitrogens with one attached hydrogen (secondary N) is 1. The van der Waals surface area contributed by atoms with E-state index in [4.69, 9.17) is 10.4 Å². The molecule has 0 radical (unpaired) electrons. The smallest absolute Gasteiger partial charge is 0.0991 e. The summed E-state index contributed by atoms with van der Waals surface area (Å²) in [5.41, 5.74) is 1.69. The lowest BCUT2D eigenvalue weighted by atomic mass is 9.89. The van der Waals surface area contributed by atoms with Crippen LogP contribution in [0.2, 0.25) is 0 Å². The maximum atomic E-state index is 9.10. The van der Waals surface area contributed by atoms with Gasteiger partial charge in [0.15, 0.2) is 0 Å². The van der Waals surface area contributed by atoms with Crippen LogP contribution in [-0.4, -0.2) is 17.3 Å². The lowest BCUT2D eigenvalue weighted by Crippen LogP contribution is -2.38. The Bertz CT molecular complexity index is 347. The average molecular weight is 188 g/mol. The number of hydrogen-bond acceptors (Lipinski definition) is 3. The van der Waals surface area contributed by atoms with Gasteiger partial charge in [-0.3, -0.25) is 0 Å². The Morgan fingerprint density at radius 3 is 2.43 bits per heavy atom. The summed E-state index contributed by atoms with van der Waals surface area (Å²) >= 11 is 0. The summed E-state index contributed by atoms with van der Waals surface area (Å²) in [5, 5.41) is 21.0. The van der Waals surface area contributed by atoms with E-state index in [1.807, 2.05) is 12.1 Å². The van der Waals surface area contributed by atoms with E-state index in [0.29, 0.717) is 11.6 Å². The first-order valence-electron chi connectivity index (χ1n) is 4.72. The minimum absolute atomic E-state index is 0.133. The molecule has 2 rings (SSSR count). The standard InChI is InChI=1S/C11H12N2O/c12-7-8-1-3-9(4-2-8)13-10-5-11(14)6-10/h1-4,10-11,13-14H,5-6H2. The van der Waals surface area contributed by atoms with Crippen LogP contribution in [-0.2, 0) is 0 Å². The molecule has 3 heteroatoms. The van der Waals surface area contributed by atoms with Gasteiger partial charge in [-0.05, 0) is 37.1 Å². The molecule has 0 saturated heterocycles. The lowest BCUT2D eigenvalue weighted by molar-refractivity contribution is 0.0836. The molecular weight excluding hydrogens is 176 g/mol. The Hall–Kier alpha value is -1.53. The van der Waals surface area contributed by atoms with Gasteiger partial charge in [-0.15, -0.1) is 0 Å². The molecule has 72 valence electrons. The van der Waals surface area contributed by atoms with Crippen LogP contribution < -0.4 is 5.32 Å². The molecule has 3 nitrogen and oxygen atoms in total. The van der Waals surface area contributed by atoms with E-state index in [1.165, 1.54) is 0 Å². The molecule has 0 bridgehead atoms. The molecule has 2 N–H and O–H groups in total. The summed E-state index contributed by atoms with van der Waals surface area (Å²) in [6.45, 7) is 0. The van der Waals surface area contributed by atoms with Crippen molar-refractivity contribution in [1.82, 2.24) is 0 Å². The fraction of sp³-hybridized carbons (Fsp3) is 0.364. The molecule has 1 saturated carbocycles. The summed E-state index contributed by atoms with van der Waals surface area (Å²) in [6.07, 6.45) is 1.51. The predicted molar refractivity (Wildman–Crippen MR) is 53.8 cm³/mol. The van der Waals surface area contributed by atoms with Crippen molar-refractivity contribution in [1.29, 1.82) is 5.26 Å². The first-order chi connectivity index (χ1) is 6.78. The average Bonchev–Trinajstić information content (AvgIpc) is 2.17. The van der Waals surface area contributed by atoms with Gasteiger partial charge in [0.1, 0.15) is 0 Å². The Morgan fingerprint density at radius 2 is 1.93 bits per heavy atom. The van der Waals surface area contributed by atoms with Crippen molar-refractivity contribution in [3.8, 4) is 6.07 Å². The molecular formula is C11H12N2O. The van der Waals surface area contributed by atoms with E-state index < -0.39 is 0 Å². The van der Waals surface area contributed by atoms with Crippen LogP contribution in [0.25, 0.3) is 0 Å². The molecule has 0 atom stereocenters. The number of nitrogens with zero attached hydrogens (tertiary/aromatic N) is 1. The molecule has 0 amide bonds. The van der Waals surface area contributed by atoms with Crippen LogP contribution in [0.3, 0.4) is 0 Å². The third-order valence-corrected chi connectivity index (χ3v) is 2.50. The van der Waals surface area contributed by atoms with Crippen molar-refractivity contribution >= 4 is 5.69 Å². The molecule has 0 heterocycles. The summed E-state index contributed by atoms with van der Waals surface area (Å²) in [7, 11) is 0. The van der Waals surface area contributed by atoms with Gasteiger partial charge in [-0.2, -0.15) is 5.26 Å². The van der Waals surface area contributed by atoms with Gasteiger partial charge in [0.2, 0.25) is 0 Å². The lowest BCUT2D eigenvalue weighted by Gasteiger charge is -2.32. The van der Waals surface area contributed by atoms with E-state index in [0.717, 1.165) is 18.5 Å². The summed E-state index contributed by atoms with van der Waals surface area (Å²) in [6, 6.07) is 9.82. The first kappa shape index (κ1) is 9.04. The predicted octanol–water partition coefficient (Wildman–Crippen LogP) is 1.49. The third kappa shape index (κ3) is 1.86. The Morgan fingerprint density at radius 1 is 1.29 bits per heavy atom. The quantitative estimate of drug-likeness (QED) is 0.739. The molecule has 0 aromatic heterocycles. The van der Waals surface area contributed by atoms with Crippen LogP contribution in [0.4, 0.5) is 5.69 Å². The number of nitriles is 1. The maximum Gasteiger partial charge on any atom is 0.0991 e. The second-order valence-electron chi connectivity index (χ2n) is 3.66. The molecule has 0 unspecified atom stereocenters. The molecule has 1 fully saturated rings. The molecule has 1 aliphatic rings. The van der Waals surface area contributed by atoms with Gasteiger partial charge in [-0.1, -0.05) is 0 Å². The number of benzene rings is 1. The van der Waals surface area contributed by atoms with E-state index in [-0.39, 0.29) is 6.10 Å². The highest BCUT2D eigenvalue weighted by molar-refractivity contribution is 5.48. The second kappa shape index (κ2) is 3.69. The summed E-state index contributed by atoms with van der Waals surface area (Å²) in [5.74, 6) is 0. The molecule has 0 aliphatic heterocycles. The number of aliphatic hydroxyl groups excluding tert-OH is 1. The van der Waals surface area contributed by atoms with E-state index in [2.05, 4.69) is 11.4 Å². The normalized spacial score (nSPS) is 24.9. The van der Waals surface area contributed by atoms with Crippen molar-refractivity contribution in [2.24, 2.45) is 0 Å². The fourth-order valence-electron chi connectivity index (χ4n) is 1.58. The van der Waals surface area contributed by atoms with Gasteiger partial charge in [-0.25, -0.2) is 0 Å². The van der Waals surface area contributed by atoms with Crippen LogP contribution in [0.5, 0.6) is 0 Å². The Balaban J connectivity index is 1.94. The van der Waals surface area contributed by atoms with Crippen LogP contribution in [0, 0.1) is 11.3 Å². The zero-order valence-electron chi connectivity index (χ0n) is 7.77. The number of aliphatic hydroxyl groups is 1. The SMILES string of the molecule is N#Cc1ccc(NC2CC(O)C2)cc1. The zero-order chi connectivity index (χ0) is 9.97. The van der Waals surface area contributed by atoms with Crippen molar-refractivity contribution in [3.05, 3.63) is 29.8 Å². The summed E-state index contributed by atoms with van der Waals surface area (Å²) < 4.78 is 0. The first-order valence-corrected chi connectivity index (χ1v) is 4.72. The third-order valence-electron chi connectivity index (χ3n) is 2.50. The monoisotopic (exact) mass is 188 g/mol. The number of rotatable bonds is 2. The Labute approximate surface area is 83.0 Å². The molecule has 1 aromatic rings. The minimum atomic E-state index is -0.133. The van der Waals surface area contributed by atoms with Crippen LogP contribution >= 0.6 is 0 Å².